The first kappa shape index (κ1) is 24.1. The van der Waals surface area contributed by atoms with E-state index in [1.54, 1.807) is 6.92 Å². The molecule has 0 spiro atoms. The summed E-state index contributed by atoms with van der Waals surface area (Å²) >= 11 is 0. The van der Waals surface area contributed by atoms with Gasteiger partial charge in [0.2, 0.25) is 0 Å². The highest BCUT2D eigenvalue weighted by Crippen LogP contribution is 2.31. The molecular weight excluding hydrogens is 376 g/mol. The number of fused-ring (bicyclic) bond motifs is 2. The number of aliphatic hydroxyl groups excluding tert-OH is 2. The maximum atomic E-state index is 12.7. The van der Waals surface area contributed by atoms with E-state index in [4.69, 9.17) is 14.2 Å². The molecule has 2 rings (SSSR count). The van der Waals surface area contributed by atoms with Crippen LogP contribution in [0.1, 0.15) is 79.1 Å². The van der Waals surface area contributed by atoms with Crippen LogP contribution in [0.25, 0.3) is 0 Å². The van der Waals surface area contributed by atoms with Gasteiger partial charge >= 0.3 is 11.9 Å². The van der Waals surface area contributed by atoms with E-state index in [1.807, 2.05) is 20.8 Å². The Morgan fingerprint density at radius 2 is 1.62 bits per heavy atom. The maximum absolute atomic E-state index is 12.7. The standard InChI is InChI=1S/C22H38O7/c1-5-15(23)11-17-7-9-19(24)13(3)21(25)28-16(6-2)12-18-8-10-20(27-18)14(4)22(26)29-17/h13-20,23-24H,5-12H2,1-4H3/t13-,14+,15-,16+,17+,18-,19-,20+/m1/s1. The molecule has 2 aliphatic rings. The van der Waals surface area contributed by atoms with E-state index in [0.29, 0.717) is 38.5 Å². The van der Waals surface area contributed by atoms with E-state index in [9.17, 15) is 19.8 Å². The predicted octanol–water partition coefficient (Wildman–Crippen LogP) is 2.75. The fraction of sp³-hybridized carbons (Fsp3) is 0.909. The molecule has 7 nitrogen and oxygen atoms in total. The van der Waals surface area contributed by atoms with Crippen LogP contribution in [0.15, 0.2) is 0 Å². The first-order valence-corrected chi connectivity index (χ1v) is 11.2. The zero-order valence-electron chi connectivity index (χ0n) is 18.2. The lowest BCUT2D eigenvalue weighted by Crippen LogP contribution is -2.33. The van der Waals surface area contributed by atoms with Crippen molar-refractivity contribution in [2.24, 2.45) is 11.8 Å². The average molecular weight is 415 g/mol. The minimum atomic E-state index is -0.893. The minimum absolute atomic E-state index is 0.0592. The molecule has 2 fully saturated rings. The van der Waals surface area contributed by atoms with E-state index < -0.39 is 36.1 Å². The van der Waals surface area contributed by atoms with E-state index >= 15 is 0 Å². The monoisotopic (exact) mass is 414 g/mol. The first-order valence-electron chi connectivity index (χ1n) is 11.2. The van der Waals surface area contributed by atoms with Crippen molar-refractivity contribution in [1.29, 1.82) is 0 Å². The number of carbonyl (C=O) groups is 2. The van der Waals surface area contributed by atoms with Crippen molar-refractivity contribution in [1.82, 2.24) is 0 Å². The van der Waals surface area contributed by atoms with Gasteiger partial charge in [-0.15, -0.1) is 0 Å². The van der Waals surface area contributed by atoms with E-state index in [2.05, 4.69) is 0 Å². The maximum Gasteiger partial charge on any atom is 0.311 e. The second-order valence-corrected chi connectivity index (χ2v) is 8.66. The molecule has 2 aliphatic heterocycles. The van der Waals surface area contributed by atoms with E-state index in [0.717, 1.165) is 12.8 Å². The summed E-state index contributed by atoms with van der Waals surface area (Å²) in [5.74, 6) is -1.82. The van der Waals surface area contributed by atoms with Crippen molar-refractivity contribution in [3.63, 3.8) is 0 Å². The van der Waals surface area contributed by atoms with Gasteiger partial charge in [0.25, 0.3) is 0 Å². The van der Waals surface area contributed by atoms with Gasteiger partial charge in [-0.05, 0) is 52.4 Å². The number of hydrogen-bond donors (Lipinski definition) is 2. The Labute approximate surface area is 174 Å². The molecule has 29 heavy (non-hydrogen) atoms. The van der Waals surface area contributed by atoms with Crippen molar-refractivity contribution in [2.75, 3.05) is 0 Å². The quantitative estimate of drug-likeness (QED) is 0.682. The average Bonchev–Trinajstić information content (AvgIpc) is 3.17. The van der Waals surface area contributed by atoms with Crippen LogP contribution in [0.2, 0.25) is 0 Å². The number of ether oxygens (including phenoxy) is 3. The highest BCUT2D eigenvalue weighted by molar-refractivity contribution is 5.73. The number of rotatable bonds is 4. The van der Waals surface area contributed by atoms with Gasteiger partial charge in [0.1, 0.15) is 12.2 Å². The number of hydrogen-bond acceptors (Lipinski definition) is 7. The molecule has 0 amide bonds. The molecule has 0 aliphatic carbocycles. The predicted molar refractivity (Wildman–Crippen MR) is 107 cm³/mol. The number of aliphatic hydroxyl groups is 2. The third-order valence-electron chi connectivity index (χ3n) is 6.36. The number of esters is 2. The van der Waals surface area contributed by atoms with Crippen molar-refractivity contribution >= 4 is 11.9 Å². The number of carbonyl (C=O) groups excluding carboxylic acids is 2. The summed E-state index contributed by atoms with van der Waals surface area (Å²) in [6.07, 6.45) is 1.85. The van der Waals surface area contributed by atoms with E-state index in [1.165, 1.54) is 0 Å². The third kappa shape index (κ3) is 6.93. The number of cyclic esters (lactones) is 2. The molecule has 168 valence electrons. The molecule has 2 saturated heterocycles. The molecule has 0 unspecified atom stereocenters. The second-order valence-electron chi connectivity index (χ2n) is 8.66. The molecule has 0 radical (unpaired) electrons. The molecule has 0 aromatic rings. The lowest BCUT2D eigenvalue weighted by atomic mass is 9.96. The zero-order chi connectivity index (χ0) is 21.6. The van der Waals surface area contributed by atoms with Crippen LogP contribution in [0.3, 0.4) is 0 Å². The first-order chi connectivity index (χ1) is 13.7. The Morgan fingerprint density at radius 3 is 2.28 bits per heavy atom. The topological polar surface area (TPSA) is 102 Å². The van der Waals surface area contributed by atoms with Crippen molar-refractivity contribution < 1.29 is 34.0 Å². The van der Waals surface area contributed by atoms with Gasteiger partial charge in [0.05, 0.1) is 36.3 Å². The Balaban J connectivity index is 2.17. The highest BCUT2D eigenvalue weighted by atomic mass is 16.6. The molecule has 8 atom stereocenters. The van der Waals surface area contributed by atoms with E-state index in [-0.39, 0.29) is 24.3 Å². The van der Waals surface area contributed by atoms with Gasteiger partial charge in [0, 0.05) is 12.8 Å². The van der Waals surface area contributed by atoms with Crippen molar-refractivity contribution in [2.45, 2.75) is 116 Å². The molecule has 2 N–H and O–H groups in total. The summed E-state index contributed by atoms with van der Waals surface area (Å²) in [7, 11) is 0. The summed E-state index contributed by atoms with van der Waals surface area (Å²) < 4.78 is 17.4. The van der Waals surface area contributed by atoms with Gasteiger partial charge in [-0.2, -0.15) is 0 Å². The smallest absolute Gasteiger partial charge is 0.311 e. The summed E-state index contributed by atoms with van der Waals surface area (Å²) in [5, 5.41) is 20.5. The Morgan fingerprint density at radius 1 is 0.966 bits per heavy atom. The largest absolute Gasteiger partial charge is 0.462 e. The Kier molecular flexibility index (Phi) is 9.37. The normalized spacial score (nSPS) is 38.5. The third-order valence-corrected chi connectivity index (χ3v) is 6.36. The molecule has 0 aromatic heterocycles. The van der Waals surface area contributed by atoms with Gasteiger partial charge in [-0.3, -0.25) is 9.59 Å². The SMILES string of the molecule is CC[C@@H](O)C[C@@H]1CC[C@@H](O)[C@@H](C)C(=O)O[C@@H](CC)C[C@H]2CC[C@H](O2)[C@H](C)C(=O)O1. The van der Waals surface area contributed by atoms with Gasteiger partial charge in [-0.25, -0.2) is 0 Å². The molecule has 7 heteroatoms. The van der Waals surface area contributed by atoms with Crippen LogP contribution >= 0.6 is 0 Å². The molecule has 2 bridgehead atoms. The van der Waals surface area contributed by atoms with Crippen LogP contribution in [0.5, 0.6) is 0 Å². The highest BCUT2D eigenvalue weighted by Gasteiger charge is 2.37. The van der Waals surface area contributed by atoms with Crippen LogP contribution in [0, 0.1) is 11.8 Å². The molecular formula is C22H38O7. The fourth-order valence-corrected chi connectivity index (χ4v) is 4.02. The van der Waals surface area contributed by atoms with Crippen LogP contribution < -0.4 is 0 Å². The minimum Gasteiger partial charge on any atom is -0.462 e. The van der Waals surface area contributed by atoms with Gasteiger partial charge < -0.3 is 24.4 Å². The zero-order valence-corrected chi connectivity index (χ0v) is 18.2. The molecule has 0 aromatic carbocycles. The van der Waals surface area contributed by atoms with Crippen LogP contribution in [-0.4, -0.2) is 58.8 Å². The van der Waals surface area contributed by atoms with Crippen LogP contribution in [0.4, 0.5) is 0 Å². The summed E-state index contributed by atoms with van der Waals surface area (Å²) in [6, 6.07) is 0. The Bertz CT molecular complexity index is 537. The summed E-state index contributed by atoms with van der Waals surface area (Å²) in [6.45, 7) is 7.30. The van der Waals surface area contributed by atoms with Crippen molar-refractivity contribution in [3.8, 4) is 0 Å². The fourth-order valence-electron chi connectivity index (χ4n) is 4.02. The lowest BCUT2D eigenvalue weighted by Gasteiger charge is -2.25. The van der Waals surface area contributed by atoms with Crippen LogP contribution in [-0.2, 0) is 23.8 Å². The summed E-state index contributed by atoms with van der Waals surface area (Å²) in [5.41, 5.74) is 0. The molecule has 2 heterocycles. The lowest BCUT2D eigenvalue weighted by molar-refractivity contribution is -0.161. The molecule has 0 saturated carbocycles. The second kappa shape index (κ2) is 11.3. The van der Waals surface area contributed by atoms with Gasteiger partial charge in [-0.1, -0.05) is 13.8 Å². The summed E-state index contributed by atoms with van der Waals surface area (Å²) in [4.78, 5) is 25.2. The Hall–Kier alpha value is -1.18. The van der Waals surface area contributed by atoms with Gasteiger partial charge in [0.15, 0.2) is 0 Å². The van der Waals surface area contributed by atoms with Crippen molar-refractivity contribution in [3.05, 3.63) is 0 Å².